The van der Waals surface area contributed by atoms with Crippen LogP contribution in [0.5, 0.6) is 5.75 Å². The second kappa shape index (κ2) is 11.9. The Labute approximate surface area is 224 Å². The third kappa shape index (κ3) is 6.21. The van der Waals surface area contributed by atoms with Gasteiger partial charge in [-0.05, 0) is 61.9 Å². The molecule has 6 nitrogen and oxygen atoms in total. The van der Waals surface area contributed by atoms with Crippen LogP contribution in [0.25, 0.3) is 0 Å². The lowest BCUT2D eigenvalue weighted by molar-refractivity contribution is -0.134. The molecule has 0 aliphatic carbocycles. The summed E-state index contributed by atoms with van der Waals surface area (Å²) in [4.78, 5) is 34.4. The molecule has 0 saturated heterocycles. The van der Waals surface area contributed by atoms with E-state index >= 15 is 0 Å². The Morgan fingerprint density at radius 3 is 2.57 bits per heavy atom. The van der Waals surface area contributed by atoms with Gasteiger partial charge in [0.1, 0.15) is 23.1 Å². The maximum atomic E-state index is 13.2. The Morgan fingerprint density at radius 1 is 1.14 bits per heavy atom. The van der Waals surface area contributed by atoms with Gasteiger partial charge in [-0.2, -0.15) is 0 Å². The van der Waals surface area contributed by atoms with Gasteiger partial charge in [-0.1, -0.05) is 50.2 Å². The SMILES string of the molecule is CCN(C(=O)c1csc(COc2ccc3c(c2)C(c2ccccc2)N(C(=O)CC(C)C)CC3)n1)C(C)C. The zero-order valence-electron chi connectivity index (χ0n) is 22.4. The highest BCUT2D eigenvalue weighted by atomic mass is 32.1. The van der Waals surface area contributed by atoms with Crippen molar-refractivity contribution in [2.75, 3.05) is 13.1 Å². The van der Waals surface area contributed by atoms with E-state index in [9.17, 15) is 9.59 Å². The average molecular weight is 520 g/mol. The Balaban J connectivity index is 1.55. The molecule has 0 spiro atoms. The van der Waals surface area contributed by atoms with Crippen LogP contribution in [-0.2, 0) is 17.8 Å². The molecule has 4 rings (SSSR count). The smallest absolute Gasteiger partial charge is 0.273 e. The standard InChI is InChI=1S/C30H37N3O3S/c1-6-32(21(4)5)30(35)26-19-37-27(31-26)18-36-24-13-12-22-14-15-33(28(34)16-20(2)3)29(25(22)17-24)23-10-8-7-9-11-23/h7-13,17,19-21,29H,6,14-16,18H2,1-5H3. The third-order valence-electron chi connectivity index (χ3n) is 6.72. The minimum atomic E-state index is -0.139. The van der Waals surface area contributed by atoms with E-state index in [1.807, 2.05) is 55.3 Å². The molecule has 0 N–H and O–H groups in total. The normalized spacial score (nSPS) is 15.1. The lowest BCUT2D eigenvalue weighted by atomic mass is 9.87. The monoisotopic (exact) mass is 519 g/mol. The molecular formula is C30H37N3O3S. The number of ether oxygens (including phenoxy) is 1. The molecule has 2 amide bonds. The van der Waals surface area contributed by atoms with Crippen LogP contribution in [0.4, 0.5) is 0 Å². The van der Waals surface area contributed by atoms with Crippen LogP contribution in [0.1, 0.15) is 79.3 Å². The van der Waals surface area contributed by atoms with E-state index in [0.717, 1.165) is 28.3 Å². The number of nitrogens with zero attached hydrogens (tertiary/aromatic N) is 3. The fraction of sp³-hybridized carbons (Fsp3) is 0.433. The summed E-state index contributed by atoms with van der Waals surface area (Å²) < 4.78 is 6.15. The van der Waals surface area contributed by atoms with E-state index in [4.69, 9.17) is 4.74 Å². The first-order valence-electron chi connectivity index (χ1n) is 13.1. The molecule has 0 radical (unpaired) electrons. The van der Waals surface area contributed by atoms with Crippen molar-refractivity contribution in [3.63, 3.8) is 0 Å². The van der Waals surface area contributed by atoms with E-state index in [2.05, 4.69) is 43.1 Å². The van der Waals surface area contributed by atoms with Crippen molar-refractivity contribution in [1.82, 2.24) is 14.8 Å². The van der Waals surface area contributed by atoms with Gasteiger partial charge >= 0.3 is 0 Å². The van der Waals surface area contributed by atoms with Crippen molar-refractivity contribution in [2.45, 2.75) is 66.2 Å². The minimum Gasteiger partial charge on any atom is -0.486 e. The molecule has 2 heterocycles. The largest absolute Gasteiger partial charge is 0.486 e. The second-order valence-corrected chi connectivity index (χ2v) is 11.2. The number of fused-ring (bicyclic) bond motifs is 1. The first kappa shape index (κ1) is 26.9. The fourth-order valence-electron chi connectivity index (χ4n) is 4.92. The highest BCUT2D eigenvalue weighted by Crippen LogP contribution is 2.38. The fourth-order valence-corrected chi connectivity index (χ4v) is 5.60. The Hall–Kier alpha value is -3.19. The van der Waals surface area contributed by atoms with Gasteiger partial charge in [-0.3, -0.25) is 9.59 Å². The van der Waals surface area contributed by atoms with Gasteiger partial charge in [-0.15, -0.1) is 11.3 Å². The van der Waals surface area contributed by atoms with Gasteiger partial charge in [0.15, 0.2) is 0 Å². The lowest BCUT2D eigenvalue weighted by Crippen LogP contribution is -2.41. The van der Waals surface area contributed by atoms with Gasteiger partial charge in [0.25, 0.3) is 5.91 Å². The van der Waals surface area contributed by atoms with Crippen LogP contribution in [0.15, 0.2) is 53.9 Å². The molecular weight excluding hydrogens is 482 g/mol. The Bertz CT molecular complexity index is 1220. The van der Waals surface area contributed by atoms with Crippen molar-refractivity contribution >= 4 is 23.2 Å². The number of hydrogen-bond acceptors (Lipinski definition) is 5. The van der Waals surface area contributed by atoms with Crippen molar-refractivity contribution in [2.24, 2.45) is 5.92 Å². The number of hydrogen-bond donors (Lipinski definition) is 0. The molecule has 196 valence electrons. The van der Waals surface area contributed by atoms with Gasteiger partial charge < -0.3 is 14.5 Å². The molecule has 7 heteroatoms. The number of rotatable bonds is 9. The maximum Gasteiger partial charge on any atom is 0.273 e. The molecule has 0 fully saturated rings. The summed E-state index contributed by atoms with van der Waals surface area (Å²) in [6.45, 7) is 11.8. The zero-order valence-corrected chi connectivity index (χ0v) is 23.3. The number of amides is 2. The lowest BCUT2D eigenvalue weighted by Gasteiger charge is -2.38. The molecule has 1 aliphatic heterocycles. The van der Waals surface area contributed by atoms with Crippen LogP contribution in [0, 0.1) is 5.92 Å². The highest BCUT2D eigenvalue weighted by Gasteiger charge is 2.32. The summed E-state index contributed by atoms with van der Waals surface area (Å²) in [6.07, 6.45) is 1.36. The predicted octanol–water partition coefficient (Wildman–Crippen LogP) is 6.11. The zero-order chi connectivity index (χ0) is 26.5. The van der Waals surface area contributed by atoms with E-state index in [0.29, 0.717) is 31.1 Å². The quantitative estimate of drug-likeness (QED) is 0.342. The molecule has 1 aromatic heterocycles. The topological polar surface area (TPSA) is 62.7 Å². The summed E-state index contributed by atoms with van der Waals surface area (Å²) in [7, 11) is 0. The average Bonchev–Trinajstić information content (AvgIpc) is 3.36. The van der Waals surface area contributed by atoms with Gasteiger partial charge in [0, 0.05) is 30.9 Å². The number of benzene rings is 2. The van der Waals surface area contributed by atoms with Gasteiger partial charge in [0.05, 0.1) is 6.04 Å². The van der Waals surface area contributed by atoms with Crippen LogP contribution in [-0.4, -0.2) is 45.7 Å². The van der Waals surface area contributed by atoms with E-state index in [1.54, 1.807) is 4.90 Å². The number of carbonyl (C=O) groups is 2. The minimum absolute atomic E-state index is 0.0503. The number of thiazole rings is 1. The van der Waals surface area contributed by atoms with Crippen molar-refractivity contribution < 1.29 is 14.3 Å². The van der Waals surface area contributed by atoms with E-state index in [-0.39, 0.29) is 30.5 Å². The summed E-state index contributed by atoms with van der Waals surface area (Å²) in [5.74, 6) is 1.17. The van der Waals surface area contributed by atoms with Gasteiger partial charge in [0.2, 0.25) is 5.91 Å². The molecule has 0 saturated carbocycles. The first-order valence-corrected chi connectivity index (χ1v) is 14.0. The molecule has 3 aromatic rings. The molecule has 1 atom stereocenters. The number of carbonyl (C=O) groups excluding carboxylic acids is 2. The van der Waals surface area contributed by atoms with Crippen molar-refractivity contribution in [3.8, 4) is 5.75 Å². The number of aromatic nitrogens is 1. The summed E-state index contributed by atoms with van der Waals surface area (Å²) >= 11 is 1.44. The molecule has 2 aromatic carbocycles. The maximum absolute atomic E-state index is 13.2. The van der Waals surface area contributed by atoms with Gasteiger partial charge in [-0.25, -0.2) is 4.98 Å². The summed E-state index contributed by atoms with van der Waals surface area (Å²) in [5.41, 5.74) is 3.92. The molecule has 1 unspecified atom stereocenters. The Morgan fingerprint density at radius 2 is 1.89 bits per heavy atom. The van der Waals surface area contributed by atoms with E-state index < -0.39 is 0 Å². The highest BCUT2D eigenvalue weighted by molar-refractivity contribution is 7.09. The second-order valence-electron chi connectivity index (χ2n) is 10.2. The Kier molecular flexibility index (Phi) is 8.64. The summed E-state index contributed by atoms with van der Waals surface area (Å²) in [6, 6.07) is 16.4. The van der Waals surface area contributed by atoms with E-state index in [1.165, 1.54) is 16.9 Å². The molecule has 1 aliphatic rings. The summed E-state index contributed by atoms with van der Waals surface area (Å²) in [5, 5.41) is 2.57. The molecule has 37 heavy (non-hydrogen) atoms. The predicted molar refractivity (Wildman–Crippen MR) is 148 cm³/mol. The third-order valence-corrected chi connectivity index (χ3v) is 7.54. The van der Waals surface area contributed by atoms with Crippen LogP contribution < -0.4 is 4.74 Å². The molecule has 0 bridgehead atoms. The van der Waals surface area contributed by atoms with Crippen LogP contribution >= 0.6 is 11.3 Å². The van der Waals surface area contributed by atoms with Crippen LogP contribution in [0.3, 0.4) is 0 Å². The van der Waals surface area contributed by atoms with Crippen molar-refractivity contribution in [1.29, 1.82) is 0 Å². The van der Waals surface area contributed by atoms with Crippen LogP contribution in [0.2, 0.25) is 0 Å². The first-order chi connectivity index (χ1) is 17.8. The van der Waals surface area contributed by atoms with Crippen molar-refractivity contribution in [3.05, 3.63) is 81.3 Å².